The van der Waals surface area contributed by atoms with Crippen molar-refractivity contribution >= 4 is 11.6 Å². The molecule has 0 aliphatic rings. The molecule has 0 aliphatic heterocycles. The number of hydrogen-bond donors (Lipinski definition) is 0. The van der Waals surface area contributed by atoms with E-state index in [9.17, 15) is 4.79 Å². The van der Waals surface area contributed by atoms with Gasteiger partial charge in [0.25, 0.3) is 5.91 Å². The molecule has 144 valence electrons. The topological polar surface area (TPSA) is 47.4 Å². The van der Waals surface area contributed by atoms with E-state index in [1.807, 2.05) is 95.8 Å². The molecule has 4 rings (SSSR count). The second kappa shape index (κ2) is 8.44. The van der Waals surface area contributed by atoms with E-state index < -0.39 is 0 Å². The number of amides is 1. The van der Waals surface area contributed by atoms with Crippen LogP contribution in [0, 0.1) is 0 Å². The Hall–Kier alpha value is -3.86. The predicted molar refractivity (Wildman–Crippen MR) is 113 cm³/mol. The van der Waals surface area contributed by atoms with Gasteiger partial charge in [-0.1, -0.05) is 30.3 Å². The molecule has 5 heteroatoms. The Kier molecular flexibility index (Phi) is 5.38. The summed E-state index contributed by atoms with van der Waals surface area (Å²) in [5, 5.41) is 4.20. The van der Waals surface area contributed by atoms with E-state index in [4.69, 9.17) is 4.74 Å². The van der Waals surface area contributed by atoms with Gasteiger partial charge in [-0.3, -0.25) is 9.48 Å². The molecule has 0 aliphatic carbocycles. The van der Waals surface area contributed by atoms with E-state index in [1.54, 1.807) is 18.1 Å². The third kappa shape index (κ3) is 4.52. The van der Waals surface area contributed by atoms with Crippen molar-refractivity contribution in [1.29, 1.82) is 0 Å². The monoisotopic (exact) mass is 383 g/mol. The van der Waals surface area contributed by atoms with Crippen molar-refractivity contribution in [1.82, 2.24) is 9.78 Å². The molecule has 5 nitrogen and oxygen atoms in total. The summed E-state index contributed by atoms with van der Waals surface area (Å²) in [6.07, 6.45) is 3.67. The van der Waals surface area contributed by atoms with Gasteiger partial charge in [0.1, 0.15) is 11.5 Å². The molecule has 1 aromatic heterocycles. The summed E-state index contributed by atoms with van der Waals surface area (Å²) in [6.45, 7) is 0.681. The maximum Gasteiger partial charge on any atom is 0.258 e. The Morgan fingerprint density at radius 3 is 2.24 bits per heavy atom. The van der Waals surface area contributed by atoms with E-state index in [2.05, 4.69) is 5.10 Å². The number of ether oxygens (including phenoxy) is 1. The first kappa shape index (κ1) is 18.5. The van der Waals surface area contributed by atoms with Crippen LogP contribution in [0.25, 0.3) is 0 Å². The lowest BCUT2D eigenvalue weighted by Gasteiger charge is -2.18. The number of benzene rings is 3. The van der Waals surface area contributed by atoms with Crippen LogP contribution in [-0.2, 0) is 6.54 Å². The highest BCUT2D eigenvalue weighted by Crippen LogP contribution is 2.24. The normalized spacial score (nSPS) is 10.5. The molecule has 1 amide bonds. The fraction of sp³-hybridized carbons (Fsp3) is 0.0833. The van der Waals surface area contributed by atoms with Gasteiger partial charge in [-0.25, -0.2) is 0 Å². The van der Waals surface area contributed by atoms with Crippen LogP contribution in [0.2, 0.25) is 0 Å². The zero-order valence-corrected chi connectivity index (χ0v) is 16.1. The van der Waals surface area contributed by atoms with Crippen molar-refractivity contribution < 1.29 is 9.53 Å². The highest BCUT2D eigenvalue weighted by atomic mass is 16.5. The Morgan fingerprint density at radius 1 is 0.897 bits per heavy atom. The first-order chi connectivity index (χ1) is 14.2. The first-order valence-corrected chi connectivity index (χ1v) is 9.36. The average molecular weight is 383 g/mol. The van der Waals surface area contributed by atoms with E-state index >= 15 is 0 Å². The fourth-order valence-corrected chi connectivity index (χ4v) is 3.01. The maximum atomic E-state index is 12.8. The van der Waals surface area contributed by atoms with Crippen molar-refractivity contribution in [3.05, 3.63) is 108 Å². The number of anilines is 1. The summed E-state index contributed by atoms with van der Waals surface area (Å²) < 4.78 is 7.65. The highest BCUT2D eigenvalue weighted by Gasteiger charge is 2.13. The first-order valence-electron chi connectivity index (χ1n) is 9.36. The molecule has 0 atom stereocenters. The summed E-state index contributed by atoms with van der Waals surface area (Å²) in [7, 11) is 1.77. The van der Waals surface area contributed by atoms with E-state index in [0.29, 0.717) is 12.1 Å². The minimum Gasteiger partial charge on any atom is -0.457 e. The van der Waals surface area contributed by atoms with Crippen LogP contribution in [0.5, 0.6) is 11.5 Å². The van der Waals surface area contributed by atoms with Crippen LogP contribution >= 0.6 is 0 Å². The van der Waals surface area contributed by atoms with Gasteiger partial charge in [0, 0.05) is 30.7 Å². The summed E-state index contributed by atoms with van der Waals surface area (Å²) in [4.78, 5) is 14.5. The number of carbonyl (C=O) groups excluding carboxylic acids is 1. The molecule has 0 N–H and O–H groups in total. The second-order valence-corrected chi connectivity index (χ2v) is 6.67. The quantitative estimate of drug-likeness (QED) is 0.471. The Labute approximate surface area is 169 Å². The molecule has 0 bridgehead atoms. The highest BCUT2D eigenvalue weighted by molar-refractivity contribution is 6.05. The SMILES string of the molecule is CN(C(=O)c1ccc(Cn2cccn2)cc1)c1ccc(Oc2ccccc2)cc1. The van der Waals surface area contributed by atoms with Crippen LogP contribution in [-0.4, -0.2) is 22.7 Å². The lowest BCUT2D eigenvalue weighted by atomic mass is 10.1. The van der Waals surface area contributed by atoms with Crippen LogP contribution in [0.1, 0.15) is 15.9 Å². The van der Waals surface area contributed by atoms with Crippen molar-refractivity contribution in [2.24, 2.45) is 0 Å². The fourth-order valence-electron chi connectivity index (χ4n) is 3.01. The largest absolute Gasteiger partial charge is 0.457 e. The lowest BCUT2D eigenvalue weighted by molar-refractivity contribution is 0.0993. The van der Waals surface area contributed by atoms with Crippen LogP contribution in [0.3, 0.4) is 0 Å². The van der Waals surface area contributed by atoms with E-state index in [-0.39, 0.29) is 5.91 Å². The van der Waals surface area contributed by atoms with E-state index in [1.165, 1.54) is 0 Å². The van der Waals surface area contributed by atoms with Gasteiger partial charge in [-0.15, -0.1) is 0 Å². The number of aromatic nitrogens is 2. The van der Waals surface area contributed by atoms with Crippen molar-refractivity contribution in [2.75, 3.05) is 11.9 Å². The van der Waals surface area contributed by atoms with Crippen LogP contribution in [0.15, 0.2) is 97.3 Å². The molecule has 0 saturated heterocycles. The molecular formula is C24H21N3O2. The molecule has 0 radical (unpaired) electrons. The molecular weight excluding hydrogens is 362 g/mol. The third-order valence-electron chi connectivity index (χ3n) is 4.61. The Bertz CT molecular complexity index is 1060. The van der Waals surface area contributed by atoms with Gasteiger partial charge in [0.05, 0.1) is 6.54 Å². The predicted octanol–water partition coefficient (Wildman–Crippen LogP) is 5.00. The number of rotatable bonds is 6. The molecule has 0 unspecified atom stereocenters. The molecule has 3 aromatic carbocycles. The number of carbonyl (C=O) groups is 1. The molecule has 1 heterocycles. The molecule has 29 heavy (non-hydrogen) atoms. The van der Waals surface area contributed by atoms with Gasteiger partial charge in [0.2, 0.25) is 0 Å². The average Bonchev–Trinajstić information content (AvgIpc) is 3.28. The third-order valence-corrected chi connectivity index (χ3v) is 4.61. The Balaban J connectivity index is 1.42. The van der Waals surface area contributed by atoms with E-state index in [0.717, 1.165) is 22.7 Å². The van der Waals surface area contributed by atoms with Gasteiger partial charge >= 0.3 is 0 Å². The minimum absolute atomic E-state index is 0.0626. The summed E-state index contributed by atoms with van der Waals surface area (Å²) in [6, 6.07) is 26.6. The van der Waals surface area contributed by atoms with Crippen molar-refractivity contribution in [3.63, 3.8) is 0 Å². The second-order valence-electron chi connectivity index (χ2n) is 6.67. The van der Waals surface area contributed by atoms with Gasteiger partial charge in [-0.05, 0) is 60.2 Å². The zero-order valence-electron chi connectivity index (χ0n) is 16.1. The van der Waals surface area contributed by atoms with Crippen LogP contribution < -0.4 is 9.64 Å². The van der Waals surface area contributed by atoms with Gasteiger partial charge < -0.3 is 9.64 Å². The van der Waals surface area contributed by atoms with Crippen molar-refractivity contribution in [2.45, 2.75) is 6.54 Å². The molecule has 0 fully saturated rings. The standard InChI is InChI=1S/C24H21N3O2/c1-26(21-12-14-23(15-13-21)29-22-6-3-2-4-7-22)24(28)20-10-8-19(9-11-20)18-27-17-5-16-25-27/h2-17H,18H2,1H3. The number of para-hydroxylation sites is 1. The Morgan fingerprint density at radius 2 is 1.59 bits per heavy atom. The zero-order chi connectivity index (χ0) is 20.1. The molecule has 0 saturated carbocycles. The smallest absolute Gasteiger partial charge is 0.258 e. The lowest BCUT2D eigenvalue weighted by Crippen LogP contribution is -2.26. The molecule has 0 spiro atoms. The summed E-state index contributed by atoms with van der Waals surface area (Å²) in [5.41, 5.74) is 2.53. The maximum absolute atomic E-state index is 12.8. The summed E-state index contributed by atoms with van der Waals surface area (Å²) >= 11 is 0. The van der Waals surface area contributed by atoms with Crippen LogP contribution in [0.4, 0.5) is 5.69 Å². The number of hydrogen-bond acceptors (Lipinski definition) is 3. The number of nitrogens with zero attached hydrogens (tertiary/aromatic N) is 3. The van der Waals surface area contributed by atoms with Gasteiger partial charge in [0.15, 0.2) is 0 Å². The molecule has 4 aromatic rings. The minimum atomic E-state index is -0.0626. The van der Waals surface area contributed by atoms with Crippen molar-refractivity contribution in [3.8, 4) is 11.5 Å². The van der Waals surface area contributed by atoms with Gasteiger partial charge in [-0.2, -0.15) is 5.10 Å². The summed E-state index contributed by atoms with van der Waals surface area (Å²) in [5.74, 6) is 1.44.